The van der Waals surface area contributed by atoms with Gasteiger partial charge in [-0.2, -0.15) is 5.10 Å². The first-order chi connectivity index (χ1) is 12.2. The zero-order chi connectivity index (χ0) is 19.5. The molecule has 140 valence electrons. The normalized spacial score (nSPS) is 11.1. The Balaban J connectivity index is 2.13. The number of hydrogen-bond donors (Lipinski definition) is 2. The highest BCUT2D eigenvalue weighted by molar-refractivity contribution is 7.92. The number of amides is 1. The lowest BCUT2D eigenvalue weighted by molar-refractivity contribution is -0.139. The van der Waals surface area contributed by atoms with Gasteiger partial charge in [0.2, 0.25) is 0 Å². The van der Waals surface area contributed by atoms with Crippen LogP contribution in [0, 0.1) is 13.8 Å². The molecule has 0 fully saturated rings. The monoisotopic (exact) mass is 380 g/mol. The molecule has 0 atom stereocenters. The van der Waals surface area contributed by atoms with E-state index in [-0.39, 0.29) is 17.0 Å². The predicted octanol–water partition coefficient (Wildman–Crippen LogP) is 0.741. The van der Waals surface area contributed by atoms with Gasteiger partial charge in [-0.05, 0) is 38.1 Å². The van der Waals surface area contributed by atoms with Crippen molar-refractivity contribution in [1.29, 1.82) is 0 Å². The number of rotatable bonds is 6. The number of methoxy groups -OCH3 is 1. The Bertz CT molecular complexity index is 932. The van der Waals surface area contributed by atoms with E-state index in [4.69, 9.17) is 0 Å². The number of carbonyl (C=O) groups excluding carboxylic acids is 2. The van der Waals surface area contributed by atoms with E-state index in [1.807, 2.05) is 0 Å². The van der Waals surface area contributed by atoms with Crippen LogP contribution in [0.5, 0.6) is 0 Å². The molecule has 1 aromatic carbocycles. The Hall–Kier alpha value is -2.88. The second kappa shape index (κ2) is 7.56. The molecule has 0 saturated heterocycles. The molecule has 0 spiro atoms. The lowest BCUT2D eigenvalue weighted by Crippen LogP contribution is -2.30. The predicted molar refractivity (Wildman–Crippen MR) is 94.3 cm³/mol. The molecule has 0 unspecified atom stereocenters. The molecular weight excluding hydrogens is 360 g/mol. The minimum Gasteiger partial charge on any atom is -0.468 e. The first-order valence-corrected chi connectivity index (χ1v) is 9.12. The number of nitrogens with zero attached hydrogens (tertiary/aromatic N) is 2. The highest BCUT2D eigenvalue weighted by Gasteiger charge is 2.23. The second-order valence-electron chi connectivity index (χ2n) is 5.57. The van der Waals surface area contributed by atoms with Crippen LogP contribution in [-0.4, -0.2) is 43.7 Å². The first-order valence-electron chi connectivity index (χ1n) is 7.64. The summed E-state index contributed by atoms with van der Waals surface area (Å²) in [5.41, 5.74) is 1.51. The number of aromatic nitrogens is 2. The van der Waals surface area contributed by atoms with Gasteiger partial charge in [0.15, 0.2) is 0 Å². The summed E-state index contributed by atoms with van der Waals surface area (Å²) in [6.45, 7) is 3.04. The molecule has 0 aliphatic carbocycles. The highest BCUT2D eigenvalue weighted by atomic mass is 32.2. The number of nitrogens with one attached hydrogen (secondary N) is 2. The van der Waals surface area contributed by atoms with Gasteiger partial charge < -0.3 is 10.1 Å². The first kappa shape index (κ1) is 19.4. The third kappa shape index (κ3) is 4.20. The largest absolute Gasteiger partial charge is 0.468 e. The Morgan fingerprint density at radius 3 is 2.31 bits per heavy atom. The van der Waals surface area contributed by atoms with Crippen LogP contribution in [0.3, 0.4) is 0 Å². The molecule has 1 amide bonds. The summed E-state index contributed by atoms with van der Waals surface area (Å²) < 4.78 is 33.6. The van der Waals surface area contributed by atoms with Crippen molar-refractivity contribution in [2.75, 3.05) is 18.4 Å². The van der Waals surface area contributed by atoms with E-state index in [0.717, 1.165) is 0 Å². The van der Waals surface area contributed by atoms with E-state index in [1.165, 1.54) is 36.1 Å². The van der Waals surface area contributed by atoms with Gasteiger partial charge in [-0.1, -0.05) is 0 Å². The lowest BCUT2D eigenvalue weighted by atomic mass is 10.2. The summed E-state index contributed by atoms with van der Waals surface area (Å²) in [4.78, 5) is 23.1. The van der Waals surface area contributed by atoms with Gasteiger partial charge in [-0.25, -0.2) is 8.42 Å². The maximum Gasteiger partial charge on any atom is 0.325 e. The van der Waals surface area contributed by atoms with Crippen LogP contribution in [0.1, 0.15) is 21.7 Å². The van der Waals surface area contributed by atoms with Crippen molar-refractivity contribution in [2.24, 2.45) is 7.05 Å². The zero-order valence-corrected chi connectivity index (χ0v) is 15.7. The van der Waals surface area contributed by atoms with Crippen LogP contribution in [0.25, 0.3) is 0 Å². The molecule has 1 heterocycles. The molecule has 0 aliphatic heterocycles. The zero-order valence-electron chi connectivity index (χ0n) is 14.9. The van der Waals surface area contributed by atoms with E-state index in [1.54, 1.807) is 20.9 Å². The van der Waals surface area contributed by atoms with Crippen LogP contribution in [0.15, 0.2) is 29.2 Å². The fraction of sp³-hybridized carbons (Fsp3) is 0.312. The van der Waals surface area contributed by atoms with Gasteiger partial charge in [0.25, 0.3) is 15.9 Å². The van der Waals surface area contributed by atoms with Gasteiger partial charge in [0, 0.05) is 18.3 Å². The summed E-state index contributed by atoms with van der Waals surface area (Å²) in [7, 11) is -0.914. The Labute approximate surface area is 151 Å². The molecule has 26 heavy (non-hydrogen) atoms. The van der Waals surface area contributed by atoms with E-state index < -0.39 is 21.9 Å². The summed E-state index contributed by atoms with van der Waals surface area (Å²) in [6, 6.07) is 5.83. The van der Waals surface area contributed by atoms with Gasteiger partial charge >= 0.3 is 5.97 Å². The highest BCUT2D eigenvalue weighted by Crippen LogP contribution is 2.22. The number of aryl methyl sites for hydroxylation is 2. The Kier molecular flexibility index (Phi) is 5.66. The van der Waals surface area contributed by atoms with Crippen molar-refractivity contribution in [3.05, 3.63) is 41.2 Å². The number of anilines is 1. The third-order valence-corrected chi connectivity index (χ3v) is 5.36. The summed E-state index contributed by atoms with van der Waals surface area (Å²) in [6.07, 6.45) is 0. The topological polar surface area (TPSA) is 119 Å². The minimum absolute atomic E-state index is 0.125. The standard InChI is InChI=1S/C16H20N4O5S/c1-10-15(11(2)20(3)18-10)26(23,24)19-13-7-5-12(6-8-13)16(22)17-9-14(21)25-4/h5-8,19H,9H2,1-4H3,(H,17,22). The van der Waals surface area contributed by atoms with E-state index in [0.29, 0.717) is 17.1 Å². The van der Waals surface area contributed by atoms with Crippen molar-refractivity contribution >= 4 is 27.6 Å². The Morgan fingerprint density at radius 1 is 1.19 bits per heavy atom. The summed E-state index contributed by atoms with van der Waals surface area (Å²) in [5, 5.41) is 6.50. The van der Waals surface area contributed by atoms with Gasteiger partial charge in [-0.15, -0.1) is 0 Å². The average molecular weight is 380 g/mol. The van der Waals surface area contributed by atoms with Crippen LogP contribution in [-0.2, 0) is 26.6 Å². The SMILES string of the molecule is COC(=O)CNC(=O)c1ccc(NS(=O)(=O)c2c(C)nn(C)c2C)cc1. The molecule has 0 aliphatic rings. The van der Waals surface area contributed by atoms with Crippen molar-refractivity contribution in [2.45, 2.75) is 18.7 Å². The summed E-state index contributed by atoms with van der Waals surface area (Å²) in [5.74, 6) is -1.03. The number of esters is 1. The van der Waals surface area contributed by atoms with Crippen LogP contribution >= 0.6 is 0 Å². The average Bonchev–Trinajstić information content (AvgIpc) is 2.85. The molecule has 0 saturated carbocycles. The molecule has 0 radical (unpaired) electrons. The number of ether oxygens (including phenoxy) is 1. The van der Waals surface area contributed by atoms with E-state index in [2.05, 4.69) is 19.9 Å². The Morgan fingerprint density at radius 2 is 1.81 bits per heavy atom. The molecule has 9 nitrogen and oxygen atoms in total. The maximum absolute atomic E-state index is 12.6. The molecular formula is C16H20N4O5S. The molecule has 2 aromatic rings. The second-order valence-corrected chi connectivity index (χ2v) is 7.18. The fourth-order valence-electron chi connectivity index (χ4n) is 2.37. The number of benzene rings is 1. The lowest BCUT2D eigenvalue weighted by Gasteiger charge is -2.09. The number of hydrogen-bond acceptors (Lipinski definition) is 6. The minimum atomic E-state index is -3.81. The van der Waals surface area contributed by atoms with Gasteiger partial charge in [0.05, 0.1) is 18.5 Å². The van der Waals surface area contributed by atoms with Gasteiger partial charge in [-0.3, -0.25) is 19.0 Å². The van der Waals surface area contributed by atoms with Crippen LogP contribution in [0.2, 0.25) is 0 Å². The molecule has 2 N–H and O–H groups in total. The van der Waals surface area contributed by atoms with Crippen molar-refractivity contribution in [1.82, 2.24) is 15.1 Å². The molecule has 2 rings (SSSR count). The molecule has 0 bridgehead atoms. The smallest absolute Gasteiger partial charge is 0.325 e. The number of sulfonamides is 1. The van der Waals surface area contributed by atoms with Crippen molar-refractivity contribution in [3.63, 3.8) is 0 Å². The molecule has 1 aromatic heterocycles. The fourth-order valence-corrected chi connectivity index (χ4v) is 3.86. The van der Waals surface area contributed by atoms with Crippen LogP contribution in [0.4, 0.5) is 5.69 Å². The van der Waals surface area contributed by atoms with E-state index >= 15 is 0 Å². The number of carbonyl (C=O) groups is 2. The van der Waals surface area contributed by atoms with Crippen molar-refractivity contribution < 1.29 is 22.7 Å². The summed E-state index contributed by atoms with van der Waals surface area (Å²) >= 11 is 0. The van der Waals surface area contributed by atoms with Crippen molar-refractivity contribution in [3.8, 4) is 0 Å². The van der Waals surface area contributed by atoms with Gasteiger partial charge in [0.1, 0.15) is 11.4 Å². The molecule has 10 heteroatoms. The quantitative estimate of drug-likeness (QED) is 0.714. The van der Waals surface area contributed by atoms with E-state index in [9.17, 15) is 18.0 Å². The van der Waals surface area contributed by atoms with Crippen LogP contribution < -0.4 is 10.0 Å². The third-order valence-electron chi connectivity index (χ3n) is 3.73. The maximum atomic E-state index is 12.6.